The normalized spacial score (nSPS) is 19.6. The zero-order valence-corrected chi connectivity index (χ0v) is 14.7. The molecule has 140 valence electrons. The summed E-state index contributed by atoms with van der Waals surface area (Å²) in [5.74, 6) is -1.26. The Labute approximate surface area is 145 Å². The minimum Gasteiger partial charge on any atom is -0.325 e. The van der Waals surface area contributed by atoms with Gasteiger partial charge in [0.1, 0.15) is 0 Å². The first-order chi connectivity index (χ1) is 11.6. The van der Waals surface area contributed by atoms with E-state index >= 15 is 0 Å². The highest BCUT2D eigenvalue weighted by Crippen LogP contribution is 2.35. The van der Waals surface area contributed by atoms with Gasteiger partial charge in [0.25, 0.3) is 0 Å². The molecule has 0 saturated carbocycles. The third kappa shape index (κ3) is 4.94. The molecule has 1 aliphatic heterocycles. The average Bonchev–Trinajstić information content (AvgIpc) is 2.54. The molecule has 1 fully saturated rings. The number of carbonyl (C=O) groups is 1. The first-order valence-corrected chi connectivity index (χ1v) is 9.71. The molecular weight excluding hydrogens is 357 g/mol. The van der Waals surface area contributed by atoms with Crippen molar-refractivity contribution in [1.29, 1.82) is 0 Å². The fourth-order valence-electron chi connectivity index (χ4n) is 2.87. The third-order valence-corrected chi connectivity index (χ3v) is 6.14. The Balaban J connectivity index is 2.12. The van der Waals surface area contributed by atoms with Crippen LogP contribution < -0.4 is 5.32 Å². The van der Waals surface area contributed by atoms with E-state index in [1.165, 1.54) is 22.5 Å². The standard InChI is InChI=1S/C16H21F3N2O3S/c1-2-10-25(23,24)21-9-5-6-12(11-21)15(22)20-14-8-4-3-7-13(14)16(17,18)19/h3-4,7-8,12H,2,5-6,9-11H2,1H3,(H,20,22)/t12-/m0/s1. The summed E-state index contributed by atoms with van der Waals surface area (Å²) in [6.07, 6.45) is -3.16. The Morgan fingerprint density at radius 2 is 2.00 bits per heavy atom. The first-order valence-electron chi connectivity index (χ1n) is 8.10. The number of hydrogen-bond acceptors (Lipinski definition) is 3. The summed E-state index contributed by atoms with van der Waals surface area (Å²) in [6, 6.07) is 4.74. The zero-order chi connectivity index (χ0) is 18.7. The lowest BCUT2D eigenvalue weighted by molar-refractivity contribution is -0.137. The number of anilines is 1. The van der Waals surface area contributed by atoms with E-state index < -0.39 is 33.6 Å². The van der Waals surface area contributed by atoms with E-state index in [2.05, 4.69) is 5.32 Å². The quantitative estimate of drug-likeness (QED) is 0.856. The Kier molecular flexibility index (Phi) is 6.10. The van der Waals surface area contributed by atoms with E-state index in [1.807, 2.05) is 0 Å². The molecule has 1 atom stereocenters. The molecule has 0 radical (unpaired) electrons. The van der Waals surface area contributed by atoms with Crippen molar-refractivity contribution in [3.8, 4) is 0 Å². The number of benzene rings is 1. The van der Waals surface area contributed by atoms with Crippen LogP contribution in [0.4, 0.5) is 18.9 Å². The van der Waals surface area contributed by atoms with Gasteiger partial charge in [-0.2, -0.15) is 13.2 Å². The van der Waals surface area contributed by atoms with Crippen molar-refractivity contribution >= 4 is 21.6 Å². The molecule has 5 nitrogen and oxygen atoms in total. The number of alkyl halides is 3. The third-order valence-electron chi connectivity index (χ3n) is 4.10. The highest BCUT2D eigenvalue weighted by molar-refractivity contribution is 7.89. The molecule has 0 aliphatic carbocycles. The maximum atomic E-state index is 13.0. The number of halogens is 3. The van der Waals surface area contributed by atoms with E-state index in [0.29, 0.717) is 25.8 Å². The molecule has 25 heavy (non-hydrogen) atoms. The van der Waals surface area contributed by atoms with Crippen LogP contribution in [0.25, 0.3) is 0 Å². The summed E-state index contributed by atoms with van der Waals surface area (Å²) in [6.45, 7) is 2.09. The molecule has 1 saturated heterocycles. The van der Waals surface area contributed by atoms with Gasteiger partial charge in [-0.15, -0.1) is 0 Å². The molecule has 9 heteroatoms. The topological polar surface area (TPSA) is 66.5 Å². The van der Waals surface area contributed by atoms with E-state index in [1.54, 1.807) is 6.92 Å². The molecule has 1 aliphatic rings. The maximum Gasteiger partial charge on any atom is 0.418 e. The van der Waals surface area contributed by atoms with Crippen LogP contribution in [-0.4, -0.2) is 37.5 Å². The minimum atomic E-state index is -4.58. The fourth-order valence-corrected chi connectivity index (χ4v) is 4.46. The van der Waals surface area contributed by atoms with Crippen LogP contribution >= 0.6 is 0 Å². The largest absolute Gasteiger partial charge is 0.418 e. The van der Waals surface area contributed by atoms with E-state index in [9.17, 15) is 26.4 Å². The smallest absolute Gasteiger partial charge is 0.325 e. The number of piperidine rings is 1. The second-order valence-electron chi connectivity index (χ2n) is 6.05. The van der Waals surface area contributed by atoms with Gasteiger partial charge in [-0.1, -0.05) is 19.1 Å². The highest BCUT2D eigenvalue weighted by atomic mass is 32.2. The molecule has 1 N–H and O–H groups in total. The molecule has 0 aromatic heterocycles. The number of amides is 1. The molecule has 0 unspecified atom stereocenters. The summed E-state index contributed by atoms with van der Waals surface area (Å²) in [4.78, 5) is 12.4. The highest BCUT2D eigenvalue weighted by Gasteiger charge is 2.35. The average molecular weight is 378 g/mol. The Hall–Kier alpha value is -1.61. The van der Waals surface area contributed by atoms with E-state index in [0.717, 1.165) is 6.07 Å². The Morgan fingerprint density at radius 1 is 1.32 bits per heavy atom. The lowest BCUT2D eigenvalue weighted by Crippen LogP contribution is -2.44. The fraction of sp³-hybridized carbons (Fsp3) is 0.562. The summed E-state index contributed by atoms with van der Waals surface area (Å²) < 4.78 is 64.6. The van der Waals surface area contributed by atoms with Crippen LogP contribution in [0.15, 0.2) is 24.3 Å². The number of carbonyl (C=O) groups excluding carboxylic acids is 1. The Morgan fingerprint density at radius 3 is 2.64 bits per heavy atom. The molecule has 1 aromatic carbocycles. The van der Waals surface area contributed by atoms with Crippen molar-refractivity contribution in [3.05, 3.63) is 29.8 Å². The van der Waals surface area contributed by atoms with Gasteiger partial charge in [-0.3, -0.25) is 4.79 Å². The summed E-state index contributed by atoms with van der Waals surface area (Å²) in [5, 5.41) is 2.31. The van der Waals surface area contributed by atoms with Crippen LogP contribution in [0.5, 0.6) is 0 Å². The van der Waals surface area contributed by atoms with Crippen molar-refractivity contribution in [2.24, 2.45) is 5.92 Å². The number of nitrogens with zero attached hydrogens (tertiary/aromatic N) is 1. The monoisotopic (exact) mass is 378 g/mol. The minimum absolute atomic E-state index is 0.00174. The van der Waals surface area contributed by atoms with Crippen LogP contribution in [0.2, 0.25) is 0 Å². The SMILES string of the molecule is CCCS(=O)(=O)N1CCC[C@H](C(=O)Nc2ccccc2C(F)(F)F)C1. The number of nitrogens with one attached hydrogen (secondary N) is 1. The van der Waals surface area contributed by atoms with Gasteiger partial charge in [0.05, 0.1) is 22.9 Å². The van der Waals surface area contributed by atoms with Gasteiger partial charge in [-0.05, 0) is 31.4 Å². The van der Waals surface area contributed by atoms with Crippen molar-refractivity contribution in [2.45, 2.75) is 32.4 Å². The summed E-state index contributed by atoms with van der Waals surface area (Å²) in [5.41, 5.74) is -1.23. The second-order valence-corrected chi connectivity index (χ2v) is 8.13. The second kappa shape index (κ2) is 7.74. The number of hydrogen-bond donors (Lipinski definition) is 1. The molecule has 2 rings (SSSR count). The van der Waals surface area contributed by atoms with Gasteiger partial charge >= 0.3 is 6.18 Å². The summed E-state index contributed by atoms with van der Waals surface area (Å²) in [7, 11) is -3.43. The lowest BCUT2D eigenvalue weighted by Gasteiger charge is -2.31. The van der Waals surface area contributed by atoms with Crippen molar-refractivity contribution in [3.63, 3.8) is 0 Å². The van der Waals surface area contributed by atoms with Crippen molar-refractivity contribution in [2.75, 3.05) is 24.2 Å². The molecule has 1 aromatic rings. The van der Waals surface area contributed by atoms with Crippen LogP contribution in [0, 0.1) is 5.92 Å². The predicted molar refractivity (Wildman–Crippen MR) is 88.4 cm³/mol. The number of rotatable bonds is 5. The Bertz CT molecular complexity index is 720. The van der Waals surface area contributed by atoms with Crippen molar-refractivity contribution < 1.29 is 26.4 Å². The van der Waals surface area contributed by atoms with Gasteiger partial charge in [-0.25, -0.2) is 12.7 Å². The molecule has 0 spiro atoms. The number of sulfonamides is 1. The molecule has 0 bridgehead atoms. The van der Waals surface area contributed by atoms with Crippen molar-refractivity contribution in [1.82, 2.24) is 4.31 Å². The van der Waals surface area contributed by atoms with Gasteiger partial charge < -0.3 is 5.32 Å². The van der Waals surface area contributed by atoms with Gasteiger partial charge in [0.2, 0.25) is 15.9 Å². The molecule has 1 amide bonds. The predicted octanol–water partition coefficient (Wildman–Crippen LogP) is 3.10. The van der Waals surface area contributed by atoms with Gasteiger partial charge in [0.15, 0.2) is 0 Å². The number of para-hydroxylation sites is 1. The lowest BCUT2D eigenvalue weighted by atomic mass is 9.98. The van der Waals surface area contributed by atoms with Crippen LogP contribution in [0.3, 0.4) is 0 Å². The molecule has 1 heterocycles. The maximum absolute atomic E-state index is 13.0. The first kappa shape index (κ1) is 19.7. The van der Waals surface area contributed by atoms with Gasteiger partial charge in [0, 0.05) is 13.1 Å². The molecular formula is C16H21F3N2O3S. The zero-order valence-electron chi connectivity index (χ0n) is 13.8. The van der Waals surface area contributed by atoms with Crippen LogP contribution in [-0.2, 0) is 21.0 Å². The van der Waals surface area contributed by atoms with Crippen LogP contribution in [0.1, 0.15) is 31.7 Å². The van der Waals surface area contributed by atoms with E-state index in [-0.39, 0.29) is 18.0 Å². The van der Waals surface area contributed by atoms with E-state index in [4.69, 9.17) is 0 Å². The summed E-state index contributed by atoms with van der Waals surface area (Å²) >= 11 is 0.